The summed E-state index contributed by atoms with van der Waals surface area (Å²) in [5.74, 6) is -1.87. The third kappa shape index (κ3) is 3.35. The molecule has 1 aliphatic heterocycles. The number of aliphatic carboxylic acids is 1. The van der Waals surface area contributed by atoms with Crippen molar-refractivity contribution in [1.29, 1.82) is 0 Å². The lowest BCUT2D eigenvalue weighted by Crippen LogP contribution is -2.28. The third-order valence-corrected chi connectivity index (χ3v) is 4.71. The molecule has 1 amide bonds. The van der Waals surface area contributed by atoms with Crippen LogP contribution < -0.4 is 0 Å². The number of carbonyl (C=O) groups excluding carboxylic acids is 1. The zero-order chi connectivity index (χ0) is 17.1. The zero-order valence-corrected chi connectivity index (χ0v) is 13.5. The van der Waals surface area contributed by atoms with Gasteiger partial charge in [0.25, 0.3) is 0 Å². The first kappa shape index (κ1) is 16.3. The van der Waals surface area contributed by atoms with Gasteiger partial charge in [-0.05, 0) is 17.5 Å². The van der Waals surface area contributed by atoms with Gasteiger partial charge in [-0.1, -0.05) is 24.3 Å². The molecule has 1 atom stereocenters. The maximum atomic E-state index is 14.2. The Labute approximate surface area is 142 Å². The maximum Gasteiger partial charge on any atom is 0.303 e. The molecule has 0 spiro atoms. The Kier molecular flexibility index (Phi) is 4.71. The van der Waals surface area contributed by atoms with E-state index in [1.54, 1.807) is 18.2 Å². The molecule has 24 heavy (non-hydrogen) atoms. The smallest absolute Gasteiger partial charge is 0.303 e. The van der Waals surface area contributed by atoms with Crippen LogP contribution in [-0.4, -0.2) is 27.7 Å². The first-order valence-electron chi connectivity index (χ1n) is 7.46. The van der Waals surface area contributed by atoms with E-state index in [0.717, 1.165) is 4.88 Å². The molecule has 0 saturated carbocycles. The molecule has 0 aliphatic carbocycles. The minimum absolute atomic E-state index is 0.165. The molecular weight excluding hydrogens is 331 g/mol. The highest BCUT2D eigenvalue weighted by Gasteiger charge is 2.34. The van der Waals surface area contributed by atoms with Crippen LogP contribution in [0.3, 0.4) is 0 Å². The maximum absolute atomic E-state index is 14.2. The number of benzene rings is 1. The molecular formula is C17H15FN2O3S. The summed E-state index contributed by atoms with van der Waals surface area (Å²) in [7, 11) is 0. The van der Waals surface area contributed by atoms with Gasteiger partial charge in [0.15, 0.2) is 0 Å². The fourth-order valence-electron chi connectivity index (χ4n) is 2.65. The molecule has 7 heteroatoms. The standard InChI is InChI=1S/C17H15FN2O3S/c18-12-5-2-1-4-11(12)14-10-13(15-6-3-9-24-15)19-20(14)16(21)7-8-17(22)23/h1-6,9,14H,7-8,10H2,(H,22,23)/t14-/m0/s1. The lowest BCUT2D eigenvalue weighted by molar-refractivity contribution is -0.141. The van der Waals surface area contributed by atoms with E-state index in [4.69, 9.17) is 5.11 Å². The summed E-state index contributed by atoms with van der Waals surface area (Å²) in [6, 6.07) is 9.50. The third-order valence-electron chi connectivity index (χ3n) is 3.79. The topological polar surface area (TPSA) is 70.0 Å². The van der Waals surface area contributed by atoms with Gasteiger partial charge >= 0.3 is 5.97 Å². The van der Waals surface area contributed by atoms with E-state index in [1.165, 1.54) is 22.4 Å². The molecule has 1 aromatic carbocycles. The predicted octanol–water partition coefficient (Wildman–Crippen LogP) is 3.43. The first-order valence-corrected chi connectivity index (χ1v) is 8.34. The highest BCUT2D eigenvalue weighted by Crippen LogP contribution is 2.35. The Morgan fingerprint density at radius 1 is 1.25 bits per heavy atom. The minimum Gasteiger partial charge on any atom is -0.481 e. The normalized spacial score (nSPS) is 17.0. The van der Waals surface area contributed by atoms with Crippen LogP contribution in [0.1, 0.15) is 35.7 Å². The van der Waals surface area contributed by atoms with Crippen LogP contribution in [0.4, 0.5) is 4.39 Å². The molecule has 5 nitrogen and oxygen atoms in total. The fraction of sp³-hybridized carbons (Fsp3) is 0.235. The highest BCUT2D eigenvalue weighted by molar-refractivity contribution is 7.12. The van der Waals surface area contributed by atoms with Gasteiger partial charge in [0.2, 0.25) is 5.91 Å². The second-order valence-electron chi connectivity index (χ2n) is 5.40. The summed E-state index contributed by atoms with van der Waals surface area (Å²) in [6.45, 7) is 0. The molecule has 1 aliphatic rings. The summed E-state index contributed by atoms with van der Waals surface area (Å²) < 4.78 is 14.2. The number of hydrazone groups is 1. The van der Waals surface area contributed by atoms with E-state index in [1.807, 2.05) is 17.5 Å². The van der Waals surface area contributed by atoms with E-state index < -0.39 is 23.7 Å². The lowest BCUT2D eigenvalue weighted by Gasteiger charge is -2.22. The van der Waals surface area contributed by atoms with E-state index >= 15 is 0 Å². The van der Waals surface area contributed by atoms with Crippen molar-refractivity contribution < 1.29 is 19.1 Å². The average Bonchev–Trinajstić information content (AvgIpc) is 3.22. The van der Waals surface area contributed by atoms with Crippen molar-refractivity contribution in [2.45, 2.75) is 25.3 Å². The fourth-order valence-corrected chi connectivity index (χ4v) is 3.37. The first-order chi connectivity index (χ1) is 11.6. The van der Waals surface area contributed by atoms with Gasteiger partial charge in [-0.2, -0.15) is 5.10 Å². The van der Waals surface area contributed by atoms with Crippen molar-refractivity contribution in [2.24, 2.45) is 5.10 Å². The Hall–Kier alpha value is -2.54. The number of carbonyl (C=O) groups is 2. The number of rotatable bonds is 5. The number of hydrogen-bond donors (Lipinski definition) is 1. The summed E-state index contributed by atoms with van der Waals surface area (Å²) in [4.78, 5) is 24.0. The molecule has 1 aromatic heterocycles. The van der Waals surface area contributed by atoms with Gasteiger partial charge < -0.3 is 5.11 Å². The molecule has 0 saturated heterocycles. The van der Waals surface area contributed by atoms with Crippen LogP contribution in [0, 0.1) is 5.82 Å². The van der Waals surface area contributed by atoms with Crippen molar-refractivity contribution in [3.8, 4) is 0 Å². The van der Waals surface area contributed by atoms with Gasteiger partial charge in [-0.25, -0.2) is 9.40 Å². The molecule has 0 radical (unpaired) electrons. The van der Waals surface area contributed by atoms with Gasteiger partial charge in [0.05, 0.1) is 23.1 Å². The number of nitrogens with zero attached hydrogens (tertiary/aromatic N) is 2. The van der Waals surface area contributed by atoms with Crippen LogP contribution in [0.15, 0.2) is 46.9 Å². The summed E-state index contributed by atoms with van der Waals surface area (Å²) in [5, 5.41) is 16.3. The van der Waals surface area contributed by atoms with Crippen molar-refractivity contribution in [3.63, 3.8) is 0 Å². The van der Waals surface area contributed by atoms with E-state index in [0.29, 0.717) is 17.7 Å². The van der Waals surface area contributed by atoms with Crippen LogP contribution in [-0.2, 0) is 9.59 Å². The second kappa shape index (κ2) is 6.92. The summed E-state index contributed by atoms with van der Waals surface area (Å²) in [5.41, 5.74) is 1.10. The SMILES string of the molecule is O=C(O)CCC(=O)N1N=C(c2cccs2)C[C@H]1c1ccccc1F. The number of amides is 1. The quantitative estimate of drug-likeness (QED) is 0.902. The molecule has 2 heterocycles. The van der Waals surface area contributed by atoms with E-state index in [-0.39, 0.29) is 12.8 Å². The zero-order valence-electron chi connectivity index (χ0n) is 12.7. The van der Waals surface area contributed by atoms with Crippen molar-refractivity contribution >= 4 is 28.9 Å². The lowest BCUT2D eigenvalue weighted by atomic mass is 10.0. The number of halogens is 1. The van der Waals surface area contributed by atoms with Gasteiger partial charge in [-0.15, -0.1) is 11.3 Å². The second-order valence-corrected chi connectivity index (χ2v) is 6.35. The Morgan fingerprint density at radius 3 is 2.71 bits per heavy atom. The predicted molar refractivity (Wildman–Crippen MR) is 88.3 cm³/mol. The molecule has 0 fully saturated rings. The summed E-state index contributed by atoms with van der Waals surface area (Å²) >= 11 is 1.50. The average molecular weight is 346 g/mol. The van der Waals surface area contributed by atoms with Gasteiger partial charge in [-0.3, -0.25) is 9.59 Å². The molecule has 124 valence electrons. The van der Waals surface area contributed by atoms with E-state index in [9.17, 15) is 14.0 Å². The minimum atomic E-state index is -1.05. The molecule has 2 aromatic rings. The Bertz CT molecular complexity index is 789. The van der Waals surface area contributed by atoms with Crippen LogP contribution >= 0.6 is 11.3 Å². The van der Waals surface area contributed by atoms with Crippen molar-refractivity contribution in [1.82, 2.24) is 5.01 Å². The van der Waals surface area contributed by atoms with Crippen LogP contribution in [0.25, 0.3) is 0 Å². The monoisotopic (exact) mass is 346 g/mol. The molecule has 0 unspecified atom stereocenters. The van der Waals surface area contributed by atoms with Crippen molar-refractivity contribution in [2.75, 3.05) is 0 Å². The van der Waals surface area contributed by atoms with Crippen LogP contribution in [0.5, 0.6) is 0 Å². The number of carboxylic acid groups (broad SMARTS) is 1. The number of thiophene rings is 1. The Morgan fingerprint density at radius 2 is 2.04 bits per heavy atom. The molecule has 0 bridgehead atoms. The molecule has 1 N–H and O–H groups in total. The van der Waals surface area contributed by atoms with Gasteiger partial charge in [0.1, 0.15) is 5.82 Å². The van der Waals surface area contributed by atoms with E-state index in [2.05, 4.69) is 5.10 Å². The van der Waals surface area contributed by atoms with Crippen LogP contribution in [0.2, 0.25) is 0 Å². The Balaban J connectivity index is 1.91. The van der Waals surface area contributed by atoms with Gasteiger partial charge in [0, 0.05) is 18.4 Å². The summed E-state index contributed by atoms with van der Waals surface area (Å²) in [6.07, 6.45) is -0.0368. The molecule has 3 rings (SSSR count). The van der Waals surface area contributed by atoms with Crippen molar-refractivity contribution in [3.05, 3.63) is 58.0 Å². The highest BCUT2D eigenvalue weighted by atomic mass is 32.1. The number of carboxylic acids is 1. The number of hydrogen-bond acceptors (Lipinski definition) is 4. The largest absolute Gasteiger partial charge is 0.481 e.